The smallest absolute Gasteiger partial charge is 0.308 e. The second-order valence-corrected chi connectivity index (χ2v) is 7.59. The SMILES string of the molecule is CCCCOC(=O)CC1C(=O)NCCN1C(=S)NC(=O)c1ccccc1OC(C)C. The molecule has 164 valence electrons. The lowest BCUT2D eigenvalue weighted by Crippen LogP contribution is -2.60. The third-order valence-electron chi connectivity index (χ3n) is 4.43. The standard InChI is InChI=1S/C21H29N3O5S/c1-4-5-12-28-18(25)13-16-20(27)22-10-11-24(16)21(30)23-19(26)15-8-6-7-9-17(15)29-14(2)3/h6-9,14,16H,4-5,10-13H2,1-3H3,(H,22,27)(H,23,26,30). The van der Waals surface area contributed by atoms with Gasteiger partial charge in [0.25, 0.3) is 5.91 Å². The number of amides is 2. The molecular formula is C21H29N3O5S. The van der Waals surface area contributed by atoms with Gasteiger partial charge in [0, 0.05) is 13.1 Å². The third-order valence-corrected chi connectivity index (χ3v) is 4.76. The first-order chi connectivity index (χ1) is 14.3. The van der Waals surface area contributed by atoms with Crippen molar-refractivity contribution in [3.63, 3.8) is 0 Å². The number of unbranched alkanes of at least 4 members (excludes halogenated alkanes) is 1. The van der Waals surface area contributed by atoms with Crippen molar-refractivity contribution in [2.24, 2.45) is 0 Å². The van der Waals surface area contributed by atoms with Crippen LogP contribution in [0.5, 0.6) is 5.75 Å². The van der Waals surface area contributed by atoms with Crippen LogP contribution in [0.2, 0.25) is 0 Å². The molecule has 9 heteroatoms. The molecule has 30 heavy (non-hydrogen) atoms. The minimum absolute atomic E-state index is 0.0839. The van der Waals surface area contributed by atoms with Gasteiger partial charge in [0.15, 0.2) is 5.11 Å². The van der Waals surface area contributed by atoms with E-state index in [1.807, 2.05) is 20.8 Å². The van der Waals surface area contributed by atoms with E-state index in [0.29, 0.717) is 31.0 Å². The number of carbonyl (C=O) groups is 3. The van der Waals surface area contributed by atoms with Crippen molar-refractivity contribution >= 4 is 35.1 Å². The molecule has 0 radical (unpaired) electrons. The van der Waals surface area contributed by atoms with Gasteiger partial charge < -0.3 is 19.7 Å². The van der Waals surface area contributed by atoms with Gasteiger partial charge in [-0.3, -0.25) is 19.7 Å². The van der Waals surface area contributed by atoms with Gasteiger partial charge in [-0.1, -0.05) is 25.5 Å². The first kappa shape index (κ1) is 23.6. The van der Waals surface area contributed by atoms with E-state index in [9.17, 15) is 14.4 Å². The van der Waals surface area contributed by atoms with E-state index in [-0.39, 0.29) is 23.5 Å². The number of thiocarbonyl (C=S) groups is 1. The summed E-state index contributed by atoms with van der Waals surface area (Å²) in [4.78, 5) is 38.8. The molecule has 1 aliphatic rings. The van der Waals surface area contributed by atoms with Gasteiger partial charge >= 0.3 is 5.97 Å². The molecule has 0 aliphatic carbocycles. The fraction of sp³-hybridized carbons (Fsp3) is 0.524. The first-order valence-electron chi connectivity index (χ1n) is 10.1. The number of benzene rings is 1. The highest BCUT2D eigenvalue weighted by molar-refractivity contribution is 7.80. The highest BCUT2D eigenvalue weighted by Crippen LogP contribution is 2.20. The van der Waals surface area contributed by atoms with Gasteiger partial charge in [-0.2, -0.15) is 0 Å². The van der Waals surface area contributed by atoms with E-state index in [2.05, 4.69) is 10.6 Å². The predicted molar refractivity (Wildman–Crippen MR) is 116 cm³/mol. The average Bonchev–Trinajstić information content (AvgIpc) is 2.69. The summed E-state index contributed by atoms with van der Waals surface area (Å²) >= 11 is 5.39. The van der Waals surface area contributed by atoms with Crippen LogP contribution >= 0.6 is 12.2 Å². The summed E-state index contributed by atoms with van der Waals surface area (Å²) in [6.07, 6.45) is 1.43. The van der Waals surface area contributed by atoms with Crippen molar-refractivity contribution in [1.82, 2.24) is 15.5 Å². The van der Waals surface area contributed by atoms with Gasteiger partial charge in [-0.25, -0.2) is 0 Å². The molecular weight excluding hydrogens is 406 g/mol. The monoisotopic (exact) mass is 435 g/mol. The maximum Gasteiger partial charge on any atom is 0.308 e. The Hall–Kier alpha value is -2.68. The number of nitrogens with zero attached hydrogens (tertiary/aromatic N) is 1. The van der Waals surface area contributed by atoms with Crippen LogP contribution in [-0.4, -0.2) is 59.6 Å². The summed E-state index contributed by atoms with van der Waals surface area (Å²) in [6.45, 7) is 6.80. The van der Waals surface area contributed by atoms with Crippen molar-refractivity contribution in [2.75, 3.05) is 19.7 Å². The molecule has 1 aliphatic heterocycles. The average molecular weight is 436 g/mol. The molecule has 1 atom stereocenters. The molecule has 2 rings (SSSR count). The van der Waals surface area contributed by atoms with Gasteiger partial charge in [-0.15, -0.1) is 0 Å². The maximum absolute atomic E-state index is 12.8. The molecule has 2 N–H and O–H groups in total. The van der Waals surface area contributed by atoms with Crippen LogP contribution in [0.25, 0.3) is 0 Å². The van der Waals surface area contributed by atoms with E-state index >= 15 is 0 Å². The molecule has 1 saturated heterocycles. The number of nitrogens with one attached hydrogen (secondary N) is 2. The topological polar surface area (TPSA) is 97.0 Å². The van der Waals surface area contributed by atoms with E-state index < -0.39 is 17.9 Å². The summed E-state index contributed by atoms with van der Waals surface area (Å²) in [6, 6.07) is 6.03. The lowest BCUT2D eigenvalue weighted by atomic mass is 10.1. The van der Waals surface area contributed by atoms with E-state index in [1.165, 1.54) is 0 Å². The first-order valence-corrected chi connectivity index (χ1v) is 10.5. The maximum atomic E-state index is 12.8. The lowest BCUT2D eigenvalue weighted by Gasteiger charge is -2.36. The van der Waals surface area contributed by atoms with Crippen molar-refractivity contribution in [3.05, 3.63) is 29.8 Å². The highest BCUT2D eigenvalue weighted by atomic mass is 32.1. The van der Waals surface area contributed by atoms with Gasteiger partial charge in [0.05, 0.1) is 24.7 Å². The molecule has 1 heterocycles. The minimum Gasteiger partial charge on any atom is -0.490 e. The Balaban J connectivity index is 2.07. The van der Waals surface area contributed by atoms with Crippen molar-refractivity contribution < 1.29 is 23.9 Å². The number of ether oxygens (including phenoxy) is 2. The Morgan fingerprint density at radius 1 is 1.33 bits per heavy atom. The van der Waals surface area contributed by atoms with Crippen molar-refractivity contribution in [1.29, 1.82) is 0 Å². The molecule has 0 bridgehead atoms. The zero-order valence-electron chi connectivity index (χ0n) is 17.6. The molecule has 1 aromatic carbocycles. The summed E-state index contributed by atoms with van der Waals surface area (Å²) < 4.78 is 10.9. The molecule has 1 aromatic rings. The number of esters is 1. The fourth-order valence-electron chi connectivity index (χ4n) is 2.96. The minimum atomic E-state index is -0.831. The zero-order valence-corrected chi connectivity index (χ0v) is 18.4. The number of carbonyl (C=O) groups excluding carboxylic acids is 3. The Labute approximate surface area is 182 Å². The van der Waals surface area contributed by atoms with Crippen LogP contribution in [0.3, 0.4) is 0 Å². The number of hydrogen-bond donors (Lipinski definition) is 2. The van der Waals surface area contributed by atoms with Crippen LogP contribution < -0.4 is 15.4 Å². The van der Waals surface area contributed by atoms with E-state index in [0.717, 1.165) is 12.8 Å². The van der Waals surface area contributed by atoms with Crippen LogP contribution in [0.1, 0.15) is 50.4 Å². The van der Waals surface area contributed by atoms with E-state index in [4.69, 9.17) is 21.7 Å². The number of rotatable bonds is 8. The highest BCUT2D eigenvalue weighted by Gasteiger charge is 2.34. The molecule has 1 unspecified atom stereocenters. The summed E-state index contributed by atoms with van der Waals surface area (Å²) in [7, 11) is 0. The van der Waals surface area contributed by atoms with Crippen LogP contribution in [0, 0.1) is 0 Å². The number of hydrogen-bond acceptors (Lipinski definition) is 6. The Kier molecular flexibility index (Phi) is 9.04. The Morgan fingerprint density at radius 2 is 2.07 bits per heavy atom. The summed E-state index contributed by atoms with van der Waals surface area (Å²) in [5.41, 5.74) is 0.338. The number of piperazine rings is 1. The Morgan fingerprint density at radius 3 is 2.77 bits per heavy atom. The zero-order chi connectivity index (χ0) is 22.1. The fourth-order valence-corrected chi connectivity index (χ4v) is 3.27. The van der Waals surface area contributed by atoms with Gasteiger partial charge in [0.2, 0.25) is 5.91 Å². The van der Waals surface area contributed by atoms with E-state index in [1.54, 1.807) is 29.2 Å². The summed E-state index contributed by atoms with van der Waals surface area (Å²) in [5, 5.41) is 5.47. The largest absolute Gasteiger partial charge is 0.490 e. The molecule has 0 aromatic heterocycles. The Bertz CT molecular complexity index is 784. The van der Waals surface area contributed by atoms with Crippen molar-refractivity contribution in [3.8, 4) is 5.75 Å². The van der Waals surface area contributed by atoms with Crippen molar-refractivity contribution in [2.45, 2.75) is 52.2 Å². The van der Waals surface area contributed by atoms with Gasteiger partial charge in [-0.05, 0) is 44.6 Å². The van der Waals surface area contributed by atoms with Gasteiger partial charge in [0.1, 0.15) is 11.8 Å². The molecule has 0 spiro atoms. The quantitative estimate of drug-likeness (QED) is 0.366. The predicted octanol–water partition coefficient (Wildman–Crippen LogP) is 2.02. The molecule has 8 nitrogen and oxygen atoms in total. The molecule has 1 fully saturated rings. The summed E-state index contributed by atoms with van der Waals surface area (Å²) in [5.74, 6) is -0.791. The van der Waals surface area contributed by atoms with Crippen LogP contribution in [0.15, 0.2) is 24.3 Å². The third kappa shape index (κ3) is 6.69. The lowest BCUT2D eigenvalue weighted by molar-refractivity contribution is -0.147. The van der Waals surface area contributed by atoms with Crippen LogP contribution in [-0.2, 0) is 14.3 Å². The normalized spacial score (nSPS) is 16.1. The molecule has 2 amide bonds. The second-order valence-electron chi connectivity index (χ2n) is 7.20. The van der Waals surface area contributed by atoms with Crippen LogP contribution in [0.4, 0.5) is 0 Å². The number of para-hydroxylation sites is 1. The second kappa shape index (κ2) is 11.5. The molecule has 0 saturated carbocycles.